The van der Waals surface area contributed by atoms with E-state index >= 15 is 0 Å². The highest BCUT2D eigenvalue weighted by Crippen LogP contribution is 2.28. The lowest BCUT2D eigenvalue weighted by Gasteiger charge is -2.14. The number of amides is 1. The lowest BCUT2D eigenvalue weighted by Crippen LogP contribution is -2.24. The number of nitrogens with two attached hydrogens (primary N) is 1. The molecule has 1 aromatic rings. The Labute approximate surface area is 118 Å². The van der Waals surface area contributed by atoms with Crippen LogP contribution in [0.1, 0.15) is 19.8 Å². The Balaban J connectivity index is 2.67. The Morgan fingerprint density at radius 2 is 2.15 bits per heavy atom. The van der Waals surface area contributed by atoms with E-state index in [1.54, 1.807) is 14.1 Å². The third-order valence-corrected chi connectivity index (χ3v) is 2.72. The van der Waals surface area contributed by atoms with Crippen LogP contribution in [0.3, 0.4) is 0 Å². The first-order chi connectivity index (χ1) is 9.45. The number of nitrogens with one attached hydrogen (secondary N) is 1. The zero-order chi connectivity index (χ0) is 15.1. The molecule has 1 aromatic carbocycles. The molecule has 1 amide bonds. The Bertz CT molecular complexity index is 464. The highest BCUT2D eigenvalue weighted by molar-refractivity contribution is 5.76. The molecule has 112 valence electrons. The van der Waals surface area contributed by atoms with Crippen molar-refractivity contribution >= 4 is 17.3 Å². The van der Waals surface area contributed by atoms with E-state index in [4.69, 9.17) is 10.5 Å². The summed E-state index contributed by atoms with van der Waals surface area (Å²) < 4.78 is 18.9. The van der Waals surface area contributed by atoms with Gasteiger partial charge in [0.1, 0.15) is 0 Å². The number of nitrogen functional groups attached to an aromatic ring is 1. The summed E-state index contributed by atoms with van der Waals surface area (Å²) in [4.78, 5) is 13.0. The number of nitrogens with zero attached hydrogens (tertiary/aromatic N) is 1. The molecule has 20 heavy (non-hydrogen) atoms. The molecule has 5 nitrogen and oxygen atoms in total. The first-order valence-corrected chi connectivity index (χ1v) is 6.61. The van der Waals surface area contributed by atoms with Gasteiger partial charge in [0.25, 0.3) is 0 Å². The van der Waals surface area contributed by atoms with Crippen LogP contribution in [0.4, 0.5) is 15.8 Å². The van der Waals surface area contributed by atoms with Gasteiger partial charge < -0.3 is 20.7 Å². The summed E-state index contributed by atoms with van der Waals surface area (Å²) >= 11 is 0. The number of hydrogen-bond acceptors (Lipinski definition) is 4. The summed E-state index contributed by atoms with van der Waals surface area (Å²) in [5.41, 5.74) is 6.61. The monoisotopic (exact) mass is 283 g/mol. The number of hydrogen-bond donors (Lipinski definition) is 2. The van der Waals surface area contributed by atoms with E-state index in [2.05, 4.69) is 5.32 Å². The third kappa shape index (κ3) is 4.60. The fourth-order valence-electron chi connectivity index (χ4n) is 1.57. The van der Waals surface area contributed by atoms with Gasteiger partial charge in [0.2, 0.25) is 5.91 Å². The van der Waals surface area contributed by atoms with Gasteiger partial charge in [-0.05, 0) is 6.42 Å². The normalized spacial score (nSPS) is 10.2. The molecule has 0 fully saturated rings. The Hall–Kier alpha value is -1.98. The van der Waals surface area contributed by atoms with Gasteiger partial charge in [-0.3, -0.25) is 4.79 Å². The van der Waals surface area contributed by atoms with Crippen LogP contribution in [0.15, 0.2) is 12.1 Å². The molecule has 0 unspecified atom stereocenters. The van der Waals surface area contributed by atoms with Crippen molar-refractivity contribution in [3.63, 3.8) is 0 Å². The van der Waals surface area contributed by atoms with Gasteiger partial charge in [-0.25, -0.2) is 4.39 Å². The molecular formula is C14H22FN3O2. The van der Waals surface area contributed by atoms with E-state index in [1.165, 1.54) is 17.0 Å². The molecule has 0 spiro atoms. The second kappa shape index (κ2) is 7.57. The zero-order valence-electron chi connectivity index (χ0n) is 12.2. The molecule has 0 aliphatic rings. The van der Waals surface area contributed by atoms with Crippen LogP contribution in [-0.2, 0) is 4.79 Å². The van der Waals surface area contributed by atoms with Crippen LogP contribution in [0.25, 0.3) is 0 Å². The van der Waals surface area contributed by atoms with Crippen molar-refractivity contribution in [2.45, 2.75) is 19.8 Å². The molecule has 0 bridgehead atoms. The molecule has 3 N–H and O–H groups in total. The molecule has 6 heteroatoms. The van der Waals surface area contributed by atoms with Crippen LogP contribution < -0.4 is 15.8 Å². The van der Waals surface area contributed by atoms with Crippen LogP contribution in [-0.4, -0.2) is 38.1 Å². The topological polar surface area (TPSA) is 67.6 Å². The second-order valence-electron chi connectivity index (χ2n) is 4.68. The Morgan fingerprint density at radius 3 is 2.75 bits per heavy atom. The van der Waals surface area contributed by atoms with Crippen LogP contribution in [0.2, 0.25) is 0 Å². The SMILES string of the molecule is CCCOc1cc(NCCC(=O)N(C)C)c(N)cc1F. The van der Waals surface area contributed by atoms with Gasteiger partial charge in [-0.2, -0.15) is 0 Å². The minimum Gasteiger partial charge on any atom is -0.490 e. The number of benzene rings is 1. The summed E-state index contributed by atoms with van der Waals surface area (Å²) in [6.45, 7) is 2.82. The number of rotatable bonds is 7. The van der Waals surface area contributed by atoms with Crippen molar-refractivity contribution < 1.29 is 13.9 Å². The number of carbonyl (C=O) groups is 1. The van der Waals surface area contributed by atoms with Crippen molar-refractivity contribution in [3.05, 3.63) is 17.9 Å². The molecule has 0 radical (unpaired) electrons. The van der Waals surface area contributed by atoms with Gasteiger partial charge in [0.05, 0.1) is 18.0 Å². The maximum absolute atomic E-state index is 13.6. The first-order valence-electron chi connectivity index (χ1n) is 6.61. The van der Waals surface area contributed by atoms with Gasteiger partial charge >= 0.3 is 0 Å². The molecule has 0 atom stereocenters. The lowest BCUT2D eigenvalue weighted by molar-refractivity contribution is -0.128. The minimum absolute atomic E-state index is 0.0145. The number of halogens is 1. The molecule has 0 saturated heterocycles. The van der Waals surface area contributed by atoms with Gasteiger partial charge in [-0.15, -0.1) is 0 Å². The fraction of sp³-hybridized carbons (Fsp3) is 0.500. The quantitative estimate of drug-likeness (QED) is 0.752. The molecule has 0 aliphatic carbocycles. The molecule has 0 saturated carbocycles. The number of ether oxygens (including phenoxy) is 1. The van der Waals surface area contributed by atoms with E-state index in [1.807, 2.05) is 6.92 Å². The van der Waals surface area contributed by atoms with Crippen molar-refractivity contribution in [2.24, 2.45) is 0 Å². The molecular weight excluding hydrogens is 261 g/mol. The van der Waals surface area contributed by atoms with Gasteiger partial charge in [-0.1, -0.05) is 6.92 Å². The first kappa shape index (κ1) is 16.1. The largest absolute Gasteiger partial charge is 0.490 e. The predicted molar refractivity (Wildman–Crippen MR) is 78.4 cm³/mol. The summed E-state index contributed by atoms with van der Waals surface area (Å²) in [7, 11) is 3.40. The predicted octanol–water partition coefficient (Wildman–Crippen LogP) is 2.09. The van der Waals surface area contributed by atoms with Crippen LogP contribution in [0.5, 0.6) is 5.75 Å². The summed E-state index contributed by atoms with van der Waals surface area (Å²) in [6.07, 6.45) is 1.14. The highest BCUT2D eigenvalue weighted by atomic mass is 19.1. The maximum Gasteiger partial charge on any atom is 0.223 e. The summed E-state index contributed by atoms with van der Waals surface area (Å²) in [5.74, 6) is -0.297. The second-order valence-corrected chi connectivity index (χ2v) is 4.68. The van der Waals surface area contributed by atoms with Gasteiger partial charge in [0, 0.05) is 39.2 Å². The molecule has 0 heterocycles. The van der Waals surface area contributed by atoms with Crippen molar-refractivity contribution in [3.8, 4) is 5.75 Å². The average Bonchev–Trinajstić information content (AvgIpc) is 2.39. The zero-order valence-corrected chi connectivity index (χ0v) is 12.2. The number of carbonyl (C=O) groups excluding carboxylic acids is 1. The third-order valence-electron chi connectivity index (χ3n) is 2.72. The standard InChI is InChI=1S/C14H22FN3O2/c1-4-7-20-13-9-12(11(16)8-10(13)15)17-6-5-14(19)18(2)3/h8-9,17H,4-7,16H2,1-3H3. The van der Waals surface area contributed by atoms with E-state index in [-0.39, 0.29) is 11.7 Å². The molecule has 1 rings (SSSR count). The average molecular weight is 283 g/mol. The minimum atomic E-state index is -0.481. The van der Waals surface area contributed by atoms with Crippen LogP contribution >= 0.6 is 0 Å². The van der Waals surface area contributed by atoms with E-state index in [0.29, 0.717) is 30.9 Å². The van der Waals surface area contributed by atoms with Crippen molar-refractivity contribution in [1.29, 1.82) is 0 Å². The maximum atomic E-state index is 13.6. The Morgan fingerprint density at radius 1 is 1.45 bits per heavy atom. The fourth-order valence-corrected chi connectivity index (χ4v) is 1.57. The smallest absolute Gasteiger partial charge is 0.223 e. The lowest BCUT2D eigenvalue weighted by atomic mass is 10.2. The summed E-state index contributed by atoms with van der Waals surface area (Å²) in [5, 5.41) is 3.02. The number of anilines is 2. The summed E-state index contributed by atoms with van der Waals surface area (Å²) in [6, 6.07) is 2.75. The van der Waals surface area contributed by atoms with E-state index in [0.717, 1.165) is 6.42 Å². The van der Waals surface area contributed by atoms with Crippen LogP contribution in [0, 0.1) is 5.82 Å². The van der Waals surface area contributed by atoms with E-state index in [9.17, 15) is 9.18 Å². The van der Waals surface area contributed by atoms with Crippen molar-refractivity contribution in [2.75, 3.05) is 38.3 Å². The van der Waals surface area contributed by atoms with Gasteiger partial charge in [0.15, 0.2) is 11.6 Å². The Kier molecular flexibility index (Phi) is 6.09. The molecule has 0 aliphatic heterocycles. The highest BCUT2D eigenvalue weighted by Gasteiger charge is 2.10. The van der Waals surface area contributed by atoms with Crippen molar-refractivity contribution in [1.82, 2.24) is 4.90 Å². The molecule has 0 aromatic heterocycles. The van der Waals surface area contributed by atoms with E-state index < -0.39 is 5.82 Å².